The molecule has 0 fully saturated rings. The summed E-state index contributed by atoms with van der Waals surface area (Å²) >= 11 is 1.22. The Labute approximate surface area is 145 Å². The van der Waals surface area contributed by atoms with Gasteiger partial charge in [0, 0.05) is 5.56 Å². The highest BCUT2D eigenvalue weighted by Crippen LogP contribution is 2.30. The standard InChI is InChI=1S/C17H17N3O2S2/c1-11-8-9-14(13(3)10-11)16-18-19-17(23-16)20-24(21,22)15-7-5-4-6-12(15)2/h4-10H,1-3H3,(H,19,20). The Hall–Kier alpha value is -2.25. The Kier molecular flexibility index (Phi) is 4.38. The highest BCUT2D eigenvalue weighted by atomic mass is 32.2. The van der Waals surface area contributed by atoms with Crippen molar-refractivity contribution >= 4 is 26.5 Å². The van der Waals surface area contributed by atoms with Gasteiger partial charge in [-0.2, -0.15) is 0 Å². The van der Waals surface area contributed by atoms with Crippen LogP contribution >= 0.6 is 11.3 Å². The molecule has 0 aliphatic rings. The second kappa shape index (κ2) is 6.33. The van der Waals surface area contributed by atoms with Crippen molar-refractivity contribution in [2.24, 2.45) is 0 Å². The summed E-state index contributed by atoms with van der Waals surface area (Å²) in [7, 11) is -3.67. The van der Waals surface area contributed by atoms with E-state index in [1.165, 1.54) is 16.9 Å². The van der Waals surface area contributed by atoms with Gasteiger partial charge in [-0.3, -0.25) is 4.72 Å². The quantitative estimate of drug-likeness (QED) is 0.766. The van der Waals surface area contributed by atoms with Crippen molar-refractivity contribution in [1.82, 2.24) is 10.2 Å². The maximum atomic E-state index is 12.5. The highest BCUT2D eigenvalue weighted by molar-refractivity contribution is 7.93. The summed E-state index contributed by atoms with van der Waals surface area (Å²) in [4.78, 5) is 0.244. The van der Waals surface area contributed by atoms with E-state index in [1.54, 1.807) is 31.2 Å². The molecule has 5 nitrogen and oxygen atoms in total. The van der Waals surface area contributed by atoms with Crippen LogP contribution in [-0.4, -0.2) is 18.6 Å². The predicted molar refractivity (Wildman–Crippen MR) is 96.8 cm³/mol. The molecule has 0 spiro atoms. The number of sulfonamides is 1. The molecule has 0 amide bonds. The van der Waals surface area contributed by atoms with E-state index in [0.717, 1.165) is 11.1 Å². The summed E-state index contributed by atoms with van der Waals surface area (Å²) in [6, 6.07) is 12.9. The van der Waals surface area contributed by atoms with E-state index < -0.39 is 10.0 Å². The largest absolute Gasteiger partial charge is 0.263 e. The van der Waals surface area contributed by atoms with Crippen LogP contribution in [0, 0.1) is 20.8 Å². The molecule has 1 heterocycles. The van der Waals surface area contributed by atoms with E-state index in [4.69, 9.17) is 0 Å². The first-order valence-corrected chi connectivity index (χ1v) is 9.66. The Bertz CT molecular complexity index is 995. The third kappa shape index (κ3) is 3.32. The van der Waals surface area contributed by atoms with Gasteiger partial charge in [0.25, 0.3) is 10.0 Å². The van der Waals surface area contributed by atoms with E-state index in [9.17, 15) is 8.42 Å². The van der Waals surface area contributed by atoms with Crippen LogP contribution in [0.3, 0.4) is 0 Å². The van der Waals surface area contributed by atoms with E-state index >= 15 is 0 Å². The van der Waals surface area contributed by atoms with Gasteiger partial charge in [0.1, 0.15) is 5.01 Å². The van der Waals surface area contributed by atoms with Crippen LogP contribution in [0.1, 0.15) is 16.7 Å². The van der Waals surface area contributed by atoms with Crippen LogP contribution in [0.15, 0.2) is 47.4 Å². The van der Waals surface area contributed by atoms with Gasteiger partial charge in [0.05, 0.1) is 4.90 Å². The molecule has 3 rings (SSSR count). The summed E-state index contributed by atoms with van der Waals surface area (Å²) in [6.07, 6.45) is 0. The van der Waals surface area contributed by atoms with Crippen molar-refractivity contribution in [1.29, 1.82) is 0 Å². The van der Waals surface area contributed by atoms with E-state index in [2.05, 4.69) is 21.0 Å². The molecule has 0 aliphatic heterocycles. The molecule has 7 heteroatoms. The number of aromatic nitrogens is 2. The summed E-state index contributed by atoms with van der Waals surface area (Å²) in [5, 5.41) is 9.04. The minimum Gasteiger partial charge on any atom is -0.253 e. The van der Waals surface area contributed by atoms with Crippen LogP contribution < -0.4 is 4.72 Å². The molecule has 0 saturated heterocycles. The van der Waals surface area contributed by atoms with Crippen LogP contribution in [0.4, 0.5) is 5.13 Å². The second-order valence-corrected chi connectivity index (χ2v) is 8.23. The topological polar surface area (TPSA) is 72.0 Å². The molecule has 0 radical (unpaired) electrons. The molecular weight excluding hydrogens is 342 g/mol. The van der Waals surface area contributed by atoms with Crippen molar-refractivity contribution in [2.75, 3.05) is 4.72 Å². The van der Waals surface area contributed by atoms with Crippen molar-refractivity contribution in [3.05, 3.63) is 59.2 Å². The maximum Gasteiger partial charge on any atom is 0.263 e. The zero-order chi connectivity index (χ0) is 17.3. The fourth-order valence-electron chi connectivity index (χ4n) is 2.45. The van der Waals surface area contributed by atoms with Gasteiger partial charge in [0.15, 0.2) is 0 Å². The molecule has 0 bridgehead atoms. The Morgan fingerprint density at radius 1 is 0.958 bits per heavy atom. The number of benzene rings is 2. The lowest BCUT2D eigenvalue weighted by molar-refractivity contribution is 0.600. The van der Waals surface area contributed by atoms with Gasteiger partial charge in [0.2, 0.25) is 5.13 Å². The van der Waals surface area contributed by atoms with Gasteiger partial charge in [-0.15, -0.1) is 10.2 Å². The van der Waals surface area contributed by atoms with Crippen LogP contribution in [-0.2, 0) is 10.0 Å². The van der Waals surface area contributed by atoms with Crippen molar-refractivity contribution in [3.63, 3.8) is 0 Å². The fraction of sp³-hybridized carbons (Fsp3) is 0.176. The zero-order valence-corrected chi connectivity index (χ0v) is 15.2. The summed E-state index contributed by atoms with van der Waals surface area (Å²) in [5.41, 5.74) is 3.89. The summed E-state index contributed by atoms with van der Waals surface area (Å²) < 4.78 is 27.5. The first-order chi connectivity index (χ1) is 11.4. The Balaban J connectivity index is 1.90. The number of hydrogen-bond donors (Lipinski definition) is 1. The van der Waals surface area contributed by atoms with Gasteiger partial charge in [-0.05, 0) is 38.0 Å². The smallest absolute Gasteiger partial charge is 0.253 e. The van der Waals surface area contributed by atoms with Gasteiger partial charge in [-0.1, -0.05) is 53.3 Å². The van der Waals surface area contributed by atoms with Crippen LogP contribution in [0.2, 0.25) is 0 Å². The Morgan fingerprint density at radius 3 is 2.42 bits per heavy atom. The van der Waals surface area contributed by atoms with Crippen LogP contribution in [0.25, 0.3) is 10.6 Å². The number of anilines is 1. The fourth-order valence-corrected chi connectivity index (χ4v) is 4.77. The first kappa shape index (κ1) is 16.6. The normalized spacial score (nSPS) is 11.5. The first-order valence-electron chi connectivity index (χ1n) is 7.36. The maximum absolute atomic E-state index is 12.5. The van der Waals surface area contributed by atoms with Crippen LogP contribution in [0.5, 0.6) is 0 Å². The lowest BCUT2D eigenvalue weighted by Crippen LogP contribution is -2.13. The molecule has 0 atom stereocenters. The average molecular weight is 359 g/mol. The lowest BCUT2D eigenvalue weighted by atomic mass is 10.1. The number of hydrogen-bond acceptors (Lipinski definition) is 5. The molecule has 24 heavy (non-hydrogen) atoms. The molecule has 124 valence electrons. The molecule has 1 aromatic heterocycles. The summed E-state index contributed by atoms with van der Waals surface area (Å²) in [6.45, 7) is 5.79. The van der Waals surface area contributed by atoms with E-state index in [-0.39, 0.29) is 10.0 Å². The molecule has 0 saturated carbocycles. The van der Waals surface area contributed by atoms with Gasteiger partial charge >= 0.3 is 0 Å². The summed E-state index contributed by atoms with van der Waals surface area (Å²) in [5.74, 6) is 0. The zero-order valence-electron chi connectivity index (χ0n) is 13.6. The molecule has 2 aromatic carbocycles. The third-order valence-corrected chi connectivity index (χ3v) is 6.14. The lowest BCUT2D eigenvalue weighted by Gasteiger charge is -2.07. The van der Waals surface area contributed by atoms with E-state index in [0.29, 0.717) is 10.6 Å². The minimum atomic E-state index is -3.67. The minimum absolute atomic E-state index is 0.244. The molecule has 0 aliphatic carbocycles. The monoisotopic (exact) mass is 359 g/mol. The third-order valence-electron chi connectivity index (χ3n) is 3.64. The average Bonchev–Trinajstić information content (AvgIpc) is 2.95. The van der Waals surface area contributed by atoms with Crippen molar-refractivity contribution < 1.29 is 8.42 Å². The van der Waals surface area contributed by atoms with Crippen molar-refractivity contribution in [3.8, 4) is 10.6 Å². The van der Waals surface area contributed by atoms with Gasteiger partial charge in [-0.25, -0.2) is 8.42 Å². The number of nitrogens with one attached hydrogen (secondary N) is 1. The van der Waals surface area contributed by atoms with E-state index in [1.807, 2.05) is 26.0 Å². The molecule has 1 N–H and O–H groups in total. The number of rotatable bonds is 4. The number of aryl methyl sites for hydroxylation is 3. The number of nitrogens with zero attached hydrogens (tertiary/aromatic N) is 2. The van der Waals surface area contributed by atoms with Crippen molar-refractivity contribution in [2.45, 2.75) is 25.7 Å². The van der Waals surface area contributed by atoms with Gasteiger partial charge < -0.3 is 0 Å². The SMILES string of the molecule is Cc1ccc(-c2nnc(NS(=O)(=O)c3ccccc3C)s2)c(C)c1. The molecule has 3 aromatic rings. The molecular formula is C17H17N3O2S2. The Morgan fingerprint density at radius 2 is 1.71 bits per heavy atom. The predicted octanol–water partition coefficient (Wildman–Crippen LogP) is 3.93. The second-order valence-electron chi connectivity index (χ2n) is 5.60. The molecule has 0 unspecified atom stereocenters. The highest BCUT2D eigenvalue weighted by Gasteiger charge is 2.19.